The van der Waals surface area contributed by atoms with Gasteiger partial charge in [-0.1, -0.05) is 0 Å². The molecule has 0 radical (unpaired) electrons. The Morgan fingerprint density at radius 1 is 1.29 bits per heavy atom. The van der Waals surface area contributed by atoms with Crippen LogP contribution in [-0.2, 0) is 0 Å². The molecule has 2 aliphatic rings. The highest BCUT2D eigenvalue weighted by atomic mass is 19.1. The molecule has 31 heavy (non-hydrogen) atoms. The molecule has 3 heterocycles. The van der Waals surface area contributed by atoms with Gasteiger partial charge in [0.2, 0.25) is 5.88 Å². The number of halogens is 2. The van der Waals surface area contributed by atoms with Gasteiger partial charge in [0.05, 0.1) is 11.7 Å². The van der Waals surface area contributed by atoms with Gasteiger partial charge < -0.3 is 21.1 Å². The lowest BCUT2D eigenvalue weighted by Crippen LogP contribution is -2.32. The molecule has 2 atom stereocenters. The number of hydrogen-bond acceptors (Lipinski definition) is 6. The van der Waals surface area contributed by atoms with E-state index in [4.69, 9.17) is 10.5 Å². The molecule has 5 rings (SSSR count). The summed E-state index contributed by atoms with van der Waals surface area (Å²) in [6.45, 7) is 3.00. The Labute approximate surface area is 176 Å². The van der Waals surface area contributed by atoms with Crippen LogP contribution in [0.3, 0.4) is 0 Å². The third-order valence-corrected chi connectivity index (χ3v) is 5.51. The number of hydrogen-bond donors (Lipinski definition) is 4. The van der Waals surface area contributed by atoms with Crippen molar-refractivity contribution in [2.45, 2.75) is 25.6 Å². The van der Waals surface area contributed by atoms with Gasteiger partial charge in [0.15, 0.2) is 5.82 Å². The number of urea groups is 1. The first-order valence-corrected chi connectivity index (χ1v) is 9.88. The lowest BCUT2D eigenvalue weighted by molar-refractivity contribution is 0.250. The van der Waals surface area contributed by atoms with E-state index in [1.165, 1.54) is 6.20 Å². The molecule has 10 heteroatoms. The Balaban J connectivity index is 1.53. The number of anilines is 3. The van der Waals surface area contributed by atoms with Crippen LogP contribution in [0.25, 0.3) is 21.9 Å². The van der Waals surface area contributed by atoms with Crippen molar-refractivity contribution >= 4 is 34.0 Å². The van der Waals surface area contributed by atoms with Crippen LogP contribution in [0.1, 0.15) is 12.0 Å². The number of pyridine rings is 2. The zero-order chi connectivity index (χ0) is 21.7. The van der Waals surface area contributed by atoms with Crippen molar-refractivity contribution in [3.63, 3.8) is 0 Å². The Morgan fingerprint density at radius 3 is 2.87 bits per heavy atom. The van der Waals surface area contributed by atoms with Crippen LogP contribution in [0.2, 0.25) is 0 Å². The van der Waals surface area contributed by atoms with E-state index < -0.39 is 24.1 Å². The average molecular weight is 426 g/mol. The molecule has 2 amide bonds. The maximum atomic E-state index is 15.2. The number of nitrogen functional groups attached to an aromatic ring is 1. The van der Waals surface area contributed by atoms with Gasteiger partial charge in [0.1, 0.15) is 24.3 Å². The molecule has 2 aromatic heterocycles. The fourth-order valence-corrected chi connectivity index (χ4v) is 3.69. The van der Waals surface area contributed by atoms with Gasteiger partial charge in [0, 0.05) is 41.9 Å². The topological polar surface area (TPSA) is 114 Å². The SMILES string of the molecule is Cc1c(-c2cc3cc(NC(=O)N[C@@H]4C[C@@H]4F)ncc3c(N)c2F)cnc2c1NCCO2. The quantitative estimate of drug-likeness (QED) is 0.478. The van der Waals surface area contributed by atoms with Gasteiger partial charge in [-0.05, 0) is 30.0 Å². The van der Waals surface area contributed by atoms with E-state index in [1.54, 1.807) is 18.3 Å². The first kappa shape index (κ1) is 19.3. The molecule has 5 N–H and O–H groups in total. The lowest BCUT2D eigenvalue weighted by Gasteiger charge is -2.22. The maximum Gasteiger partial charge on any atom is 0.320 e. The highest BCUT2D eigenvalue weighted by Gasteiger charge is 2.38. The smallest absolute Gasteiger partial charge is 0.320 e. The van der Waals surface area contributed by atoms with Crippen LogP contribution < -0.4 is 26.4 Å². The number of nitrogens with zero attached hydrogens (tertiary/aromatic N) is 2. The van der Waals surface area contributed by atoms with Crippen molar-refractivity contribution in [3.8, 4) is 17.0 Å². The van der Waals surface area contributed by atoms with E-state index >= 15 is 4.39 Å². The van der Waals surface area contributed by atoms with E-state index in [0.29, 0.717) is 41.8 Å². The van der Waals surface area contributed by atoms with E-state index in [9.17, 15) is 9.18 Å². The van der Waals surface area contributed by atoms with Crippen LogP contribution in [0.4, 0.5) is 30.8 Å². The summed E-state index contributed by atoms with van der Waals surface area (Å²) in [4.78, 5) is 20.4. The predicted molar refractivity (Wildman–Crippen MR) is 114 cm³/mol. The summed E-state index contributed by atoms with van der Waals surface area (Å²) >= 11 is 0. The van der Waals surface area contributed by atoms with Crippen molar-refractivity contribution in [1.29, 1.82) is 0 Å². The predicted octanol–water partition coefficient (Wildman–Crippen LogP) is 3.36. The molecule has 3 aromatic rings. The van der Waals surface area contributed by atoms with Crippen LogP contribution in [-0.4, -0.2) is 41.4 Å². The zero-order valence-electron chi connectivity index (χ0n) is 16.6. The first-order chi connectivity index (χ1) is 14.9. The van der Waals surface area contributed by atoms with Gasteiger partial charge in [-0.25, -0.2) is 23.5 Å². The molecule has 0 unspecified atom stereocenters. The van der Waals surface area contributed by atoms with Gasteiger partial charge in [-0.2, -0.15) is 0 Å². The van der Waals surface area contributed by atoms with Crippen molar-refractivity contribution in [3.05, 3.63) is 35.9 Å². The summed E-state index contributed by atoms with van der Waals surface area (Å²) in [6, 6.07) is 2.22. The second kappa shape index (κ2) is 7.22. The highest BCUT2D eigenvalue weighted by molar-refractivity contribution is 6.00. The maximum absolute atomic E-state index is 15.2. The van der Waals surface area contributed by atoms with Crippen molar-refractivity contribution in [1.82, 2.24) is 15.3 Å². The first-order valence-electron chi connectivity index (χ1n) is 9.88. The molecule has 0 spiro atoms. The van der Waals surface area contributed by atoms with Crippen molar-refractivity contribution < 1.29 is 18.3 Å². The fourth-order valence-electron chi connectivity index (χ4n) is 3.69. The van der Waals surface area contributed by atoms with E-state index in [0.717, 1.165) is 11.3 Å². The largest absolute Gasteiger partial charge is 0.474 e. The van der Waals surface area contributed by atoms with Gasteiger partial charge in [0.25, 0.3) is 0 Å². The van der Waals surface area contributed by atoms with Gasteiger partial charge >= 0.3 is 6.03 Å². The van der Waals surface area contributed by atoms with Crippen LogP contribution in [0.15, 0.2) is 24.5 Å². The second-order valence-corrected chi connectivity index (χ2v) is 7.65. The molecule has 160 valence electrons. The Kier molecular flexibility index (Phi) is 4.49. The molecule has 1 aliphatic carbocycles. The number of benzene rings is 1. The molecule has 0 bridgehead atoms. The third-order valence-electron chi connectivity index (χ3n) is 5.51. The van der Waals surface area contributed by atoms with E-state index in [2.05, 4.69) is 25.9 Å². The Hall–Kier alpha value is -3.69. The second-order valence-electron chi connectivity index (χ2n) is 7.65. The minimum absolute atomic E-state index is 0.0458. The molecular weight excluding hydrogens is 406 g/mol. The van der Waals surface area contributed by atoms with E-state index in [-0.39, 0.29) is 17.1 Å². The summed E-state index contributed by atoms with van der Waals surface area (Å²) in [5.41, 5.74) is 8.40. The number of ether oxygens (including phenoxy) is 1. The summed E-state index contributed by atoms with van der Waals surface area (Å²) < 4.78 is 33.7. The summed E-state index contributed by atoms with van der Waals surface area (Å²) in [7, 11) is 0. The van der Waals surface area contributed by atoms with Gasteiger partial charge in [-0.3, -0.25) is 5.32 Å². The monoisotopic (exact) mass is 426 g/mol. The number of rotatable bonds is 3. The number of carbonyl (C=O) groups excluding carboxylic acids is 1. The minimum atomic E-state index is -1.01. The number of nitrogens with two attached hydrogens (primary N) is 1. The number of alkyl halides is 1. The normalized spacial score (nSPS) is 19.2. The number of carbonyl (C=O) groups is 1. The standard InChI is InChI=1S/C21H20F2N6O2/c1-9-12(7-27-20-19(9)25-2-3-31-20)11-4-10-5-16(26-8-13(10)18(24)17(11)23)29-21(30)28-15-6-14(15)22/h4-5,7-8,14-15,25H,2-3,6,24H2,1H3,(H2,26,28,29,30)/t14-,15+/m0/s1. The average Bonchev–Trinajstić information content (AvgIpc) is 3.45. The number of amides is 2. The van der Waals surface area contributed by atoms with Crippen LogP contribution in [0, 0.1) is 12.7 Å². The van der Waals surface area contributed by atoms with E-state index in [1.807, 2.05) is 6.92 Å². The fraction of sp³-hybridized carbons (Fsp3) is 0.286. The zero-order valence-corrected chi connectivity index (χ0v) is 16.6. The molecule has 1 fully saturated rings. The van der Waals surface area contributed by atoms with Gasteiger partial charge in [-0.15, -0.1) is 0 Å². The summed E-state index contributed by atoms with van der Waals surface area (Å²) in [5, 5.41) is 9.33. The molecule has 0 saturated heterocycles. The van der Waals surface area contributed by atoms with Crippen molar-refractivity contribution in [2.75, 3.05) is 29.5 Å². The summed E-state index contributed by atoms with van der Waals surface area (Å²) in [5.74, 6) is 0.153. The molecule has 1 aromatic carbocycles. The Morgan fingerprint density at radius 2 is 2.10 bits per heavy atom. The number of nitrogens with one attached hydrogen (secondary N) is 3. The Bertz CT molecular complexity index is 1220. The van der Waals surface area contributed by atoms with Crippen LogP contribution >= 0.6 is 0 Å². The van der Waals surface area contributed by atoms with Crippen molar-refractivity contribution in [2.24, 2.45) is 0 Å². The third kappa shape index (κ3) is 3.43. The van der Waals surface area contributed by atoms with Crippen LogP contribution in [0.5, 0.6) is 5.88 Å². The lowest BCUT2D eigenvalue weighted by atomic mass is 9.97. The molecule has 1 saturated carbocycles. The minimum Gasteiger partial charge on any atom is -0.474 e. The molecule has 1 aliphatic heterocycles. The number of fused-ring (bicyclic) bond motifs is 2. The number of aromatic nitrogens is 2. The highest BCUT2D eigenvalue weighted by Crippen LogP contribution is 2.39. The molecule has 8 nitrogen and oxygen atoms in total. The summed E-state index contributed by atoms with van der Waals surface area (Å²) in [6.07, 6.45) is 2.26. The molecular formula is C21H20F2N6O2.